The smallest absolute Gasteiger partial charge is 0.252 e. The van der Waals surface area contributed by atoms with Crippen molar-refractivity contribution < 1.29 is 9.84 Å². The molecule has 0 aliphatic carbocycles. The van der Waals surface area contributed by atoms with Gasteiger partial charge in [-0.2, -0.15) is 0 Å². The molecule has 0 saturated heterocycles. The van der Waals surface area contributed by atoms with Crippen molar-refractivity contribution in [2.45, 2.75) is 33.1 Å². The summed E-state index contributed by atoms with van der Waals surface area (Å²) in [6, 6.07) is 15.8. The number of rotatable bonds is 8. The monoisotopic (exact) mass is 366 g/mol. The summed E-state index contributed by atoms with van der Waals surface area (Å²) >= 11 is 0. The van der Waals surface area contributed by atoms with Crippen LogP contribution in [0.25, 0.3) is 10.9 Å². The molecular weight excluding hydrogens is 340 g/mol. The van der Waals surface area contributed by atoms with E-state index in [0.29, 0.717) is 25.3 Å². The van der Waals surface area contributed by atoms with E-state index < -0.39 is 6.10 Å². The van der Waals surface area contributed by atoms with Gasteiger partial charge in [-0.1, -0.05) is 42.5 Å². The normalized spacial score (nSPS) is 12.4. The highest BCUT2D eigenvalue weighted by Gasteiger charge is 2.09. The molecule has 0 saturated carbocycles. The number of aromatic amines is 1. The van der Waals surface area contributed by atoms with E-state index in [9.17, 15) is 9.90 Å². The van der Waals surface area contributed by atoms with Crippen molar-refractivity contribution in [2.24, 2.45) is 0 Å². The fourth-order valence-corrected chi connectivity index (χ4v) is 3.07. The van der Waals surface area contributed by atoms with Crippen LogP contribution >= 0.6 is 0 Å². The number of H-pyrrole nitrogens is 1. The predicted octanol–water partition coefficient (Wildman–Crippen LogP) is 2.81. The predicted molar refractivity (Wildman–Crippen MR) is 108 cm³/mol. The molecule has 0 aliphatic heterocycles. The van der Waals surface area contributed by atoms with Gasteiger partial charge in [-0.05, 0) is 36.6 Å². The maximum atomic E-state index is 12.3. The molecule has 0 bridgehead atoms. The second kappa shape index (κ2) is 8.95. The summed E-state index contributed by atoms with van der Waals surface area (Å²) in [6.45, 7) is 5.50. The molecule has 5 nitrogen and oxygen atoms in total. The van der Waals surface area contributed by atoms with E-state index in [0.717, 1.165) is 27.6 Å². The number of aryl methyl sites for hydroxylation is 2. The van der Waals surface area contributed by atoms with Gasteiger partial charge in [0.05, 0.1) is 24.8 Å². The quantitative estimate of drug-likeness (QED) is 0.573. The lowest BCUT2D eigenvalue weighted by Crippen LogP contribution is -2.31. The largest absolute Gasteiger partial charge is 0.389 e. The molecule has 3 aromatic rings. The molecule has 1 aromatic heterocycles. The number of nitrogens with one attached hydrogen (secondary N) is 2. The highest BCUT2D eigenvalue weighted by molar-refractivity contribution is 5.85. The molecule has 0 radical (unpaired) electrons. The van der Waals surface area contributed by atoms with Crippen LogP contribution in [0.3, 0.4) is 0 Å². The van der Waals surface area contributed by atoms with Gasteiger partial charge in [0.1, 0.15) is 0 Å². The Balaban J connectivity index is 1.52. The molecule has 27 heavy (non-hydrogen) atoms. The van der Waals surface area contributed by atoms with E-state index in [4.69, 9.17) is 4.74 Å². The van der Waals surface area contributed by atoms with Gasteiger partial charge in [0.25, 0.3) is 5.56 Å². The zero-order chi connectivity index (χ0) is 19.2. The lowest BCUT2D eigenvalue weighted by molar-refractivity contribution is 0.0287. The third-order valence-electron chi connectivity index (χ3n) is 4.64. The second-order valence-corrected chi connectivity index (χ2v) is 6.90. The third-order valence-corrected chi connectivity index (χ3v) is 4.64. The van der Waals surface area contributed by atoms with Gasteiger partial charge < -0.3 is 20.1 Å². The minimum absolute atomic E-state index is 0.0986. The van der Waals surface area contributed by atoms with E-state index in [-0.39, 0.29) is 12.2 Å². The van der Waals surface area contributed by atoms with Crippen LogP contribution in [-0.4, -0.2) is 29.3 Å². The molecule has 0 fully saturated rings. The lowest BCUT2D eigenvalue weighted by Gasteiger charge is -2.13. The van der Waals surface area contributed by atoms with Crippen LogP contribution in [0.15, 0.2) is 53.3 Å². The number of aliphatic hydroxyl groups excluding tert-OH is 1. The fourth-order valence-electron chi connectivity index (χ4n) is 3.07. The minimum Gasteiger partial charge on any atom is -0.389 e. The standard InChI is InChI=1S/C22H26N2O3/c1-15-8-9-16(2)21-20(15)10-18(22(26)24-21)11-23-12-19(25)14-27-13-17-6-4-3-5-7-17/h3-10,19,23,25H,11-14H2,1-2H3,(H,24,26). The molecule has 2 aromatic carbocycles. The van der Waals surface area contributed by atoms with Gasteiger partial charge in [-0.25, -0.2) is 0 Å². The Labute approximate surface area is 159 Å². The van der Waals surface area contributed by atoms with Gasteiger partial charge in [-0.3, -0.25) is 4.79 Å². The van der Waals surface area contributed by atoms with Crippen molar-refractivity contribution in [1.29, 1.82) is 0 Å². The number of aromatic nitrogens is 1. The summed E-state index contributed by atoms with van der Waals surface area (Å²) in [6.07, 6.45) is -0.628. The van der Waals surface area contributed by atoms with Crippen molar-refractivity contribution in [3.63, 3.8) is 0 Å². The zero-order valence-corrected chi connectivity index (χ0v) is 15.8. The van der Waals surface area contributed by atoms with Crippen molar-refractivity contribution >= 4 is 10.9 Å². The molecule has 3 rings (SSSR count). The van der Waals surface area contributed by atoms with Gasteiger partial charge in [-0.15, -0.1) is 0 Å². The van der Waals surface area contributed by atoms with Crippen molar-refractivity contribution in [1.82, 2.24) is 10.3 Å². The van der Waals surface area contributed by atoms with E-state index >= 15 is 0 Å². The summed E-state index contributed by atoms with van der Waals surface area (Å²) in [5.41, 5.74) is 4.71. The average Bonchev–Trinajstić information content (AvgIpc) is 2.66. The molecule has 0 amide bonds. The molecule has 1 unspecified atom stereocenters. The van der Waals surface area contributed by atoms with Crippen LogP contribution < -0.4 is 10.9 Å². The molecular formula is C22H26N2O3. The first-order chi connectivity index (χ1) is 13.0. The number of fused-ring (bicyclic) bond motifs is 1. The van der Waals surface area contributed by atoms with Crippen LogP contribution in [0, 0.1) is 13.8 Å². The Morgan fingerprint density at radius 2 is 1.85 bits per heavy atom. The maximum Gasteiger partial charge on any atom is 0.252 e. The van der Waals surface area contributed by atoms with E-state index in [1.54, 1.807) is 0 Å². The van der Waals surface area contributed by atoms with Crippen molar-refractivity contribution in [2.75, 3.05) is 13.2 Å². The fraction of sp³-hybridized carbons (Fsp3) is 0.318. The molecule has 142 valence electrons. The first-order valence-electron chi connectivity index (χ1n) is 9.17. The van der Waals surface area contributed by atoms with Gasteiger partial charge in [0, 0.05) is 24.0 Å². The molecule has 1 atom stereocenters. The number of hydrogen-bond donors (Lipinski definition) is 3. The van der Waals surface area contributed by atoms with Crippen molar-refractivity contribution in [3.8, 4) is 0 Å². The van der Waals surface area contributed by atoms with Crippen LogP contribution in [0.4, 0.5) is 0 Å². The van der Waals surface area contributed by atoms with Crippen LogP contribution in [-0.2, 0) is 17.9 Å². The summed E-state index contributed by atoms with van der Waals surface area (Å²) in [4.78, 5) is 15.3. The number of aliphatic hydroxyl groups is 1. The third kappa shape index (κ3) is 5.04. The Bertz CT molecular complexity index is 951. The van der Waals surface area contributed by atoms with E-state index in [1.165, 1.54) is 0 Å². The molecule has 1 heterocycles. The Morgan fingerprint density at radius 3 is 2.63 bits per heavy atom. The summed E-state index contributed by atoms with van der Waals surface area (Å²) < 4.78 is 5.54. The summed E-state index contributed by atoms with van der Waals surface area (Å²) in [5.74, 6) is 0. The average molecular weight is 366 g/mol. The second-order valence-electron chi connectivity index (χ2n) is 6.90. The van der Waals surface area contributed by atoms with E-state index in [1.807, 2.05) is 56.3 Å². The highest BCUT2D eigenvalue weighted by atomic mass is 16.5. The first-order valence-corrected chi connectivity index (χ1v) is 9.17. The summed E-state index contributed by atoms with van der Waals surface area (Å²) in [7, 11) is 0. The minimum atomic E-state index is -0.628. The van der Waals surface area contributed by atoms with Crippen LogP contribution in [0.1, 0.15) is 22.3 Å². The van der Waals surface area contributed by atoms with E-state index in [2.05, 4.69) is 16.4 Å². The van der Waals surface area contributed by atoms with Gasteiger partial charge in [0.15, 0.2) is 0 Å². The Hall–Kier alpha value is -2.47. The SMILES string of the molecule is Cc1ccc(C)c2[nH]c(=O)c(CNCC(O)COCc3ccccc3)cc12. The van der Waals surface area contributed by atoms with Crippen LogP contribution in [0.5, 0.6) is 0 Å². The maximum absolute atomic E-state index is 12.3. The van der Waals surface area contributed by atoms with Gasteiger partial charge >= 0.3 is 0 Å². The Kier molecular flexibility index (Phi) is 6.40. The topological polar surface area (TPSA) is 74.4 Å². The molecule has 5 heteroatoms. The molecule has 0 aliphatic rings. The zero-order valence-electron chi connectivity index (χ0n) is 15.8. The first kappa shape index (κ1) is 19.3. The highest BCUT2D eigenvalue weighted by Crippen LogP contribution is 2.19. The number of benzene rings is 2. The van der Waals surface area contributed by atoms with Gasteiger partial charge in [0.2, 0.25) is 0 Å². The molecule has 0 spiro atoms. The number of hydrogen-bond acceptors (Lipinski definition) is 4. The Morgan fingerprint density at radius 1 is 1.11 bits per heavy atom. The number of pyridine rings is 1. The summed E-state index contributed by atoms with van der Waals surface area (Å²) in [5, 5.41) is 14.2. The number of ether oxygens (including phenoxy) is 1. The molecule has 3 N–H and O–H groups in total. The van der Waals surface area contributed by atoms with Crippen LogP contribution in [0.2, 0.25) is 0 Å². The lowest BCUT2D eigenvalue weighted by atomic mass is 10.0. The van der Waals surface area contributed by atoms with Crippen molar-refractivity contribution in [3.05, 3.63) is 81.1 Å².